The number of amides is 3. The van der Waals surface area contributed by atoms with Gasteiger partial charge in [0.15, 0.2) is 5.78 Å². The number of halogens is 3. The van der Waals surface area contributed by atoms with Gasteiger partial charge >= 0.3 is 12.2 Å². The molecule has 6 rings (SSSR count). The number of nitrogens with zero attached hydrogens (tertiary/aromatic N) is 4. The van der Waals surface area contributed by atoms with Gasteiger partial charge in [-0.05, 0) is 63.1 Å². The Morgan fingerprint density at radius 1 is 0.905 bits per heavy atom. The van der Waals surface area contributed by atoms with E-state index in [4.69, 9.17) is 5.73 Å². The Balaban J connectivity index is 1.16. The summed E-state index contributed by atoms with van der Waals surface area (Å²) in [4.78, 5) is 42.2. The lowest BCUT2D eigenvalue weighted by Crippen LogP contribution is -2.50. The molecule has 3 saturated heterocycles. The fourth-order valence-corrected chi connectivity index (χ4v) is 7.03. The number of urea groups is 1. The second-order valence-corrected chi connectivity index (χ2v) is 12.1. The molecule has 0 radical (unpaired) electrons. The van der Waals surface area contributed by atoms with Crippen molar-refractivity contribution in [2.75, 3.05) is 32.7 Å². The molecule has 3 aliphatic heterocycles. The zero-order valence-electron chi connectivity index (χ0n) is 23.5. The molecule has 1 aromatic carbocycles. The average Bonchev–Trinajstić information content (AvgIpc) is 3.53. The second-order valence-electron chi connectivity index (χ2n) is 12.1. The van der Waals surface area contributed by atoms with Gasteiger partial charge < -0.3 is 20.9 Å². The maximum Gasteiger partial charge on any atom is 0.416 e. The summed E-state index contributed by atoms with van der Waals surface area (Å²) in [5.74, 6) is -1.05. The number of nitrogens with one attached hydrogen (secondary N) is 1. The topological polar surface area (TPSA) is 114 Å². The van der Waals surface area contributed by atoms with E-state index >= 15 is 0 Å². The molecule has 2 aromatic rings. The molecule has 4 fully saturated rings. The number of likely N-dealkylation sites (tertiary alicyclic amines) is 2. The first kappa shape index (κ1) is 28.7. The fraction of sp³-hybridized carbons (Fsp3) is 0.600. The first-order valence-electron chi connectivity index (χ1n) is 15.0. The number of carbonyl (C=O) groups is 3. The zero-order chi connectivity index (χ0) is 29.6. The van der Waals surface area contributed by atoms with Crippen LogP contribution in [0.25, 0.3) is 0 Å². The summed E-state index contributed by atoms with van der Waals surface area (Å²) >= 11 is 0. The number of ketones is 1. The van der Waals surface area contributed by atoms with Crippen LogP contribution in [0.5, 0.6) is 0 Å². The number of nitrogens with two attached hydrogens (primary N) is 1. The van der Waals surface area contributed by atoms with E-state index in [1.54, 1.807) is 17.2 Å². The van der Waals surface area contributed by atoms with E-state index < -0.39 is 23.7 Å². The highest BCUT2D eigenvalue weighted by atomic mass is 19.4. The maximum atomic E-state index is 13.9. The first-order valence-corrected chi connectivity index (χ1v) is 15.0. The molecule has 1 saturated carbocycles. The Morgan fingerprint density at radius 3 is 2.17 bits per heavy atom. The molecule has 1 unspecified atom stereocenters. The Kier molecular flexibility index (Phi) is 7.75. The van der Waals surface area contributed by atoms with Crippen molar-refractivity contribution < 1.29 is 27.6 Å². The third kappa shape index (κ3) is 5.52. The molecular weight excluding hydrogens is 549 g/mol. The van der Waals surface area contributed by atoms with Gasteiger partial charge in [0.05, 0.1) is 35.1 Å². The van der Waals surface area contributed by atoms with Gasteiger partial charge in [-0.2, -0.15) is 18.3 Å². The van der Waals surface area contributed by atoms with Crippen LogP contribution >= 0.6 is 0 Å². The Labute approximate surface area is 242 Å². The number of benzene rings is 1. The van der Waals surface area contributed by atoms with Crippen LogP contribution in [-0.4, -0.2) is 76.1 Å². The zero-order valence-corrected chi connectivity index (χ0v) is 23.5. The summed E-state index contributed by atoms with van der Waals surface area (Å²) < 4.78 is 43.4. The number of primary amides is 1. The number of carbonyl (C=O) groups excluding carboxylic acids is 3. The van der Waals surface area contributed by atoms with Crippen LogP contribution in [0.15, 0.2) is 30.5 Å². The Morgan fingerprint density at radius 2 is 1.55 bits per heavy atom. The molecule has 0 bridgehead atoms. The van der Waals surface area contributed by atoms with Crippen molar-refractivity contribution in [2.45, 2.75) is 75.0 Å². The van der Waals surface area contributed by atoms with Crippen LogP contribution in [0.1, 0.15) is 90.0 Å². The van der Waals surface area contributed by atoms with Crippen molar-refractivity contribution >= 4 is 17.7 Å². The minimum atomic E-state index is -4.49. The molecular formula is C30H37F3N6O3. The third-order valence-corrected chi connectivity index (χ3v) is 9.48. The molecule has 1 aliphatic carbocycles. The quantitative estimate of drug-likeness (QED) is 0.496. The molecule has 4 heterocycles. The van der Waals surface area contributed by atoms with Crippen molar-refractivity contribution in [3.8, 4) is 0 Å². The summed E-state index contributed by atoms with van der Waals surface area (Å²) in [5.41, 5.74) is 6.28. The Hall–Kier alpha value is -3.41. The summed E-state index contributed by atoms with van der Waals surface area (Å²) in [5, 5.41) is 7.85. The highest BCUT2D eigenvalue weighted by Crippen LogP contribution is 2.45. The third-order valence-electron chi connectivity index (χ3n) is 9.48. The van der Waals surface area contributed by atoms with Crippen LogP contribution in [0.2, 0.25) is 0 Å². The van der Waals surface area contributed by atoms with E-state index in [0.29, 0.717) is 70.4 Å². The van der Waals surface area contributed by atoms with Gasteiger partial charge in [-0.1, -0.05) is 18.2 Å². The standard InChI is InChI=1S/C30H37F3N6O3/c31-30(32,33)24-4-2-1-3-21(24)22-7-12-35-25(22)27(40)23-17-36-39(26(23)18-5-6-18)20-10-15-38(16-11-20)29(42)37-13-8-19(9-14-37)28(34)41/h1-4,17-20,22,25,35H,5-16H2,(H2,34,41)/t22?,25-/m0/s1. The molecule has 3 N–H and O–H groups in total. The molecule has 3 amide bonds. The highest BCUT2D eigenvalue weighted by molar-refractivity contribution is 6.02. The molecule has 0 spiro atoms. The fourth-order valence-electron chi connectivity index (χ4n) is 7.03. The summed E-state index contributed by atoms with van der Waals surface area (Å²) in [6.07, 6.45) is 2.02. The minimum Gasteiger partial charge on any atom is -0.369 e. The van der Waals surface area contributed by atoms with Gasteiger partial charge in [-0.25, -0.2) is 4.79 Å². The lowest BCUT2D eigenvalue weighted by Gasteiger charge is -2.38. The first-order chi connectivity index (χ1) is 20.1. The van der Waals surface area contributed by atoms with Crippen molar-refractivity contribution in [1.29, 1.82) is 0 Å². The van der Waals surface area contributed by atoms with E-state index in [1.165, 1.54) is 12.1 Å². The number of hydrogen-bond donors (Lipinski definition) is 2. The van der Waals surface area contributed by atoms with Crippen LogP contribution in [-0.2, 0) is 11.0 Å². The number of Topliss-reactive ketones (excluding diaryl/α,β-unsaturated/α-hetero) is 1. The summed E-state index contributed by atoms with van der Waals surface area (Å²) in [6.45, 7) is 2.63. The molecule has 12 heteroatoms. The lowest BCUT2D eigenvalue weighted by atomic mass is 9.84. The smallest absolute Gasteiger partial charge is 0.369 e. The van der Waals surface area contributed by atoms with Gasteiger partial charge in [0.25, 0.3) is 0 Å². The highest BCUT2D eigenvalue weighted by Gasteiger charge is 2.43. The average molecular weight is 587 g/mol. The van der Waals surface area contributed by atoms with Crippen LogP contribution in [0.3, 0.4) is 0 Å². The molecule has 9 nitrogen and oxygen atoms in total. The van der Waals surface area contributed by atoms with Crippen molar-refractivity contribution in [3.05, 3.63) is 52.8 Å². The van der Waals surface area contributed by atoms with Gasteiger partial charge in [0, 0.05) is 43.9 Å². The summed E-state index contributed by atoms with van der Waals surface area (Å²) in [6, 6.07) is 4.81. The van der Waals surface area contributed by atoms with E-state index in [1.807, 2.05) is 9.58 Å². The van der Waals surface area contributed by atoms with Crippen LogP contribution < -0.4 is 11.1 Å². The van der Waals surface area contributed by atoms with Gasteiger partial charge in [0.1, 0.15) is 0 Å². The largest absolute Gasteiger partial charge is 0.416 e. The molecule has 1 aromatic heterocycles. The predicted octanol–water partition coefficient (Wildman–Crippen LogP) is 4.06. The lowest BCUT2D eigenvalue weighted by molar-refractivity contribution is -0.138. The van der Waals surface area contributed by atoms with E-state index in [9.17, 15) is 27.6 Å². The van der Waals surface area contributed by atoms with E-state index in [0.717, 1.165) is 24.6 Å². The maximum absolute atomic E-state index is 13.9. The number of hydrogen-bond acceptors (Lipinski definition) is 5. The van der Waals surface area contributed by atoms with E-state index in [2.05, 4.69) is 10.4 Å². The Bertz CT molecular complexity index is 1340. The number of piperidine rings is 2. The predicted molar refractivity (Wildman–Crippen MR) is 148 cm³/mol. The molecule has 42 heavy (non-hydrogen) atoms. The molecule has 4 aliphatic rings. The van der Waals surface area contributed by atoms with Gasteiger partial charge in [-0.3, -0.25) is 14.3 Å². The molecule has 226 valence electrons. The summed E-state index contributed by atoms with van der Waals surface area (Å²) in [7, 11) is 0. The van der Waals surface area contributed by atoms with E-state index in [-0.39, 0.29) is 41.2 Å². The monoisotopic (exact) mass is 586 g/mol. The van der Waals surface area contributed by atoms with Gasteiger partial charge in [0.2, 0.25) is 5.91 Å². The van der Waals surface area contributed by atoms with Crippen molar-refractivity contribution in [2.24, 2.45) is 11.7 Å². The number of aromatic nitrogens is 2. The number of alkyl halides is 3. The molecule has 2 atom stereocenters. The minimum absolute atomic E-state index is 0.0207. The SMILES string of the molecule is NC(=O)C1CCN(C(=O)N2CCC(n3ncc(C(=O)[C@H]4NCCC4c4ccccc4C(F)(F)F)c3C3CC3)CC2)CC1. The number of rotatable bonds is 6. The van der Waals surface area contributed by atoms with Crippen LogP contribution in [0.4, 0.5) is 18.0 Å². The normalized spacial score (nSPS) is 24.3. The van der Waals surface area contributed by atoms with Gasteiger partial charge in [-0.15, -0.1) is 0 Å². The van der Waals surface area contributed by atoms with Crippen molar-refractivity contribution in [1.82, 2.24) is 24.9 Å². The second kappa shape index (κ2) is 11.3. The van der Waals surface area contributed by atoms with Crippen LogP contribution in [0, 0.1) is 5.92 Å². The van der Waals surface area contributed by atoms with Crippen molar-refractivity contribution in [3.63, 3.8) is 0 Å².